The van der Waals surface area contributed by atoms with E-state index in [4.69, 9.17) is 0 Å². The highest BCUT2D eigenvalue weighted by atomic mass is 32.2. The van der Waals surface area contributed by atoms with Crippen molar-refractivity contribution in [2.24, 2.45) is 11.8 Å². The van der Waals surface area contributed by atoms with Crippen molar-refractivity contribution in [2.45, 2.75) is 113 Å². The van der Waals surface area contributed by atoms with Gasteiger partial charge in [-0.1, -0.05) is 13.0 Å². The number of piperidine rings is 3. The second kappa shape index (κ2) is 16.9. The smallest absolute Gasteiger partial charge is 0.390 e. The van der Waals surface area contributed by atoms with Gasteiger partial charge in [-0.25, -0.2) is 9.37 Å². The number of aryl methyl sites for hydroxylation is 1. The molecule has 3 aromatic rings. The van der Waals surface area contributed by atoms with Crippen LogP contribution in [0.25, 0.3) is 0 Å². The lowest BCUT2D eigenvalue weighted by Gasteiger charge is -2.41. The Morgan fingerprint density at radius 3 is 2.45 bits per heavy atom. The molecule has 4 aliphatic rings. The van der Waals surface area contributed by atoms with E-state index in [0.29, 0.717) is 43.8 Å². The molecule has 56 heavy (non-hydrogen) atoms. The third kappa shape index (κ3) is 9.59. The molecular weight excluding hydrogens is 747 g/mol. The van der Waals surface area contributed by atoms with Crippen LogP contribution in [-0.2, 0) is 15.8 Å². The zero-order chi connectivity index (χ0) is 39.6. The molecule has 15 heteroatoms. The molecule has 2 aromatic carbocycles. The zero-order valence-corrected chi connectivity index (χ0v) is 32.7. The van der Waals surface area contributed by atoms with Gasteiger partial charge in [0.25, 0.3) is 0 Å². The van der Waals surface area contributed by atoms with E-state index in [-0.39, 0.29) is 36.1 Å². The first-order valence-corrected chi connectivity index (χ1v) is 20.6. The van der Waals surface area contributed by atoms with Crippen LogP contribution in [0.5, 0.6) is 0 Å². The maximum absolute atomic E-state index is 15.1. The average Bonchev–Trinajstić information content (AvgIpc) is 3.16. The van der Waals surface area contributed by atoms with Crippen LogP contribution in [0, 0.1) is 24.6 Å². The molecule has 10 nitrogen and oxygen atoms in total. The highest BCUT2D eigenvalue weighted by Gasteiger charge is 2.39. The van der Waals surface area contributed by atoms with Crippen LogP contribution < -0.4 is 25.2 Å². The number of halogens is 4. The number of nitrogens with zero attached hydrogens (tertiary/aromatic N) is 4. The van der Waals surface area contributed by atoms with Crippen molar-refractivity contribution in [2.75, 3.05) is 41.3 Å². The average molecular weight is 798 g/mol. The molecule has 1 saturated carbocycles. The molecule has 4 fully saturated rings. The van der Waals surface area contributed by atoms with E-state index < -0.39 is 35.0 Å². The Bertz CT molecular complexity index is 1900. The van der Waals surface area contributed by atoms with Crippen LogP contribution in [0.4, 0.5) is 40.7 Å². The number of carbonyl (C=O) groups is 2. The number of anilines is 4. The van der Waals surface area contributed by atoms with E-state index >= 15 is 4.39 Å². The van der Waals surface area contributed by atoms with Gasteiger partial charge in [0.15, 0.2) is 0 Å². The molecular formula is C41H51F4N7O3S. The van der Waals surface area contributed by atoms with Crippen LogP contribution in [0.1, 0.15) is 100 Å². The summed E-state index contributed by atoms with van der Waals surface area (Å²) in [7, 11) is 0. The Balaban J connectivity index is 0.864. The maximum Gasteiger partial charge on any atom is 0.421 e. The Hall–Kier alpha value is -3.95. The second-order valence-corrected chi connectivity index (χ2v) is 17.2. The number of carbonyl (C=O) groups excluding carboxylic acids is 2. The van der Waals surface area contributed by atoms with E-state index in [1.54, 1.807) is 11.0 Å². The fourth-order valence-electron chi connectivity index (χ4n) is 8.76. The number of aliphatic hydroxyl groups is 1. The van der Waals surface area contributed by atoms with Crippen molar-refractivity contribution < 1.29 is 32.3 Å². The number of aromatic nitrogens is 2. The van der Waals surface area contributed by atoms with Gasteiger partial charge in [-0.15, -0.1) is 0 Å². The van der Waals surface area contributed by atoms with E-state index in [9.17, 15) is 27.9 Å². The van der Waals surface area contributed by atoms with E-state index in [1.165, 1.54) is 18.0 Å². The van der Waals surface area contributed by atoms with Gasteiger partial charge in [0.2, 0.25) is 17.8 Å². The Kier molecular flexibility index (Phi) is 12.1. The molecule has 3 aliphatic heterocycles. The van der Waals surface area contributed by atoms with E-state index in [1.807, 2.05) is 38.1 Å². The molecule has 2 atom stereocenters. The molecule has 4 heterocycles. The molecule has 0 bridgehead atoms. The lowest BCUT2D eigenvalue weighted by atomic mass is 9.75. The van der Waals surface area contributed by atoms with Crippen molar-refractivity contribution in [3.05, 3.63) is 65.1 Å². The van der Waals surface area contributed by atoms with Gasteiger partial charge in [0.1, 0.15) is 17.2 Å². The van der Waals surface area contributed by atoms with Crippen LogP contribution >= 0.6 is 11.9 Å². The van der Waals surface area contributed by atoms with Crippen molar-refractivity contribution >= 4 is 46.9 Å². The Labute approximate surface area is 329 Å². The molecule has 0 spiro atoms. The minimum Gasteiger partial charge on any atom is -0.390 e. The molecule has 302 valence electrons. The van der Waals surface area contributed by atoms with Crippen LogP contribution in [0.15, 0.2) is 47.5 Å². The normalized spacial score (nSPS) is 25.3. The standard InChI is InChI=1S/C41H51F4N7O3S/c1-25-4-3-17-52(24-25)37-33(41(43,44)45)23-46-39(49-37)47-35-9-6-30(20-26(35)2)56-50-28-11-15-40(55,16-12-28)22-27-13-18-51(19-14-27)29-5-7-31(34(42)21-29)32-8-10-36(53)48-38(32)54/h5-7,9,20-21,23,25,27-28,32,50,55H,3-4,8,10-19,22,24H2,1-2H3,(H,46,47,49)(H,48,53,54). The predicted molar refractivity (Wildman–Crippen MR) is 209 cm³/mol. The first-order valence-electron chi connectivity index (χ1n) is 19.8. The zero-order valence-electron chi connectivity index (χ0n) is 31.9. The molecule has 1 aromatic heterocycles. The van der Waals surface area contributed by atoms with Gasteiger partial charge in [0.05, 0.1) is 11.5 Å². The predicted octanol–water partition coefficient (Wildman–Crippen LogP) is 8.02. The first-order chi connectivity index (χ1) is 26.7. The largest absolute Gasteiger partial charge is 0.421 e. The molecule has 2 unspecified atom stereocenters. The number of hydrogen-bond donors (Lipinski definition) is 4. The Morgan fingerprint density at radius 2 is 1.77 bits per heavy atom. The number of rotatable bonds is 10. The summed E-state index contributed by atoms with van der Waals surface area (Å²) >= 11 is 1.54. The fourth-order valence-corrected chi connectivity index (χ4v) is 9.67. The lowest BCUT2D eigenvalue weighted by molar-refractivity contribution is -0.138. The minimum absolute atomic E-state index is 0.0779. The molecule has 0 radical (unpaired) electrons. The molecule has 3 saturated heterocycles. The maximum atomic E-state index is 15.1. The van der Waals surface area contributed by atoms with E-state index in [2.05, 4.69) is 30.2 Å². The van der Waals surface area contributed by atoms with Crippen molar-refractivity contribution in [1.82, 2.24) is 20.0 Å². The first kappa shape index (κ1) is 40.3. The van der Waals surface area contributed by atoms with Crippen molar-refractivity contribution in [1.29, 1.82) is 0 Å². The monoisotopic (exact) mass is 797 g/mol. The molecule has 1 aliphatic carbocycles. The fraction of sp³-hybridized carbons (Fsp3) is 0.561. The SMILES string of the molecule is Cc1cc(SNC2CCC(O)(CC3CCN(c4ccc(C5CCC(=O)NC5=O)c(F)c4)CC3)CC2)ccc1Nc1ncc(C(F)(F)F)c(N2CCCC(C)C2)n1. The topological polar surface area (TPSA) is 123 Å². The summed E-state index contributed by atoms with van der Waals surface area (Å²) < 4.78 is 60.3. The summed E-state index contributed by atoms with van der Waals surface area (Å²) in [5.41, 5.74) is 1.21. The highest BCUT2D eigenvalue weighted by Crippen LogP contribution is 2.40. The summed E-state index contributed by atoms with van der Waals surface area (Å²) in [6.07, 6.45) is 4.34. The van der Waals surface area contributed by atoms with Gasteiger partial charge in [-0.05, 0) is 131 Å². The van der Waals surface area contributed by atoms with Gasteiger partial charge in [0, 0.05) is 66.7 Å². The van der Waals surface area contributed by atoms with E-state index in [0.717, 1.165) is 86.1 Å². The summed E-state index contributed by atoms with van der Waals surface area (Å²) in [6.45, 7) is 6.57. The van der Waals surface area contributed by atoms with Gasteiger partial charge < -0.3 is 20.2 Å². The third-order valence-corrected chi connectivity index (χ3v) is 12.9. The highest BCUT2D eigenvalue weighted by molar-refractivity contribution is 7.97. The number of amides is 2. The summed E-state index contributed by atoms with van der Waals surface area (Å²) in [4.78, 5) is 37.0. The number of nitrogens with one attached hydrogen (secondary N) is 3. The Morgan fingerprint density at radius 1 is 1.00 bits per heavy atom. The number of alkyl halides is 3. The molecule has 2 amide bonds. The summed E-state index contributed by atoms with van der Waals surface area (Å²) in [5.74, 6) is -1.13. The number of benzene rings is 2. The van der Waals surface area contributed by atoms with Crippen LogP contribution in [0.2, 0.25) is 0 Å². The minimum atomic E-state index is -4.55. The van der Waals surface area contributed by atoms with Gasteiger partial charge in [-0.2, -0.15) is 18.2 Å². The summed E-state index contributed by atoms with van der Waals surface area (Å²) in [5, 5.41) is 17.0. The van der Waals surface area contributed by atoms with Gasteiger partial charge >= 0.3 is 6.18 Å². The van der Waals surface area contributed by atoms with Crippen molar-refractivity contribution in [3.63, 3.8) is 0 Å². The molecule has 4 N–H and O–H groups in total. The lowest BCUT2D eigenvalue weighted by Crippen LogP contribution is -2.43. The molecule has 7 rings (SSSR count). The summed E-state index contributed by atoms with van der Waals surface area (Å²) in [6, 6.07) is 11.1. The number of imide groups is 1. The second-order valence-electron chi connectivity index (χ2n) is 16.3. The third-order valence-electron chi connectivity index (χ3n) is 12.0. The number of hydrogen-bond acceptors (Lipinski definition) is 10. The van der Waals surface area contributed by atoms with Gasteiger partial charge in [-0.3, -0.25) is 19.6 Å². The van der Waals surface area contributed by atoms with Crippen molar-refractivity contribution in [3.8, 4) is 0 Å². The quantitative estimate of drug-likeness (QED) is 0.0912. The van der Waals surface area contributed by atoms with Crippen LogP contribution in [-0.4, -0.2) is 64.7 Å². The van der Waals surface area contributed by atoms with Crippen LogP contribution in [0.3, 0.4) is 0 Å².